The van der Waals surface area contributed by atoms with Gasteiger partial charge in [-0.3, -0.25) is 9.59 Å². The molecule has 162 valence electrons. The molecule has 31 heavy (non-hydrogen) atoms. The fourth-order valence-electron chi connectivity index (χ4n) is 4.05. The molecule has 2 atom stereocenters. The van der Waals surface area contributed by atoms with Crippen molar-refractivity contribution >= 4 is 14.0 Å². The summed E-state index contributed by atoms with van der Waals surface area (Å²) >= 11 is 0. The van der Waals surface area contributed by atoms with Crippen LogP contribution in [0.4, 0.5) is 0 Å². The number of hydrogen-bond acceptors (Lipinski definition) is 4. The second kappa shape index (κ2) is 8.37. The zero-order valence-corrected chi connectivity index (χ0v) is 19.5. The number of amides is 1. The van der Waals surface area contributed by atoms with Crippen LogP contribution in [-0.4, -0.2) is 49.2 Å². The minimum Gasteiger partial charge on any atom is -0.483 e. The molecule has 1 fully saturated rings. The Hall–Kier alpha value is -2.82. The summed E-state index contributed by atoms with van der Waals surface area (Å²) in [4.78, 5) is 28.6. The summed E-state index contributed by atoms with van der Waals surface area (Å²) in [5.74, 6) is 2.98. The Kier molecular flexibility index (Phi) is 5.78. The maximum Gasteiger partial charge on any atom is 0.274 e. The fourth-order valence-corrected chi connectivity index (χ4v) is 4.56. The molecule has 2 aromatic rings. The highest BCUT2D eigenvalue weighted by atomic mass is 28.3. The summed E-state index contributed by atoms with van der Waals surface area (Å²) in [6.45, 7) is 10.1. The summed E-state index contributed by atoms with van der Waals surface area (Å²) in [6.07, 6.45) is 1.73. The van der Waals surface area contributed by atoms with Crippen molar-refractivity contribution in [2.45, 2.75) is 45.3 Å². The van der Waals surface area contributed by atoms with Crippen molar-refractivity contribution in [1.29, 1.82) is 0 Å². The van der Waals surface area contributed by atoms with E-state index in [0.717, 1.165) is 5.56 Å². The monoisotopic (exact) mass is 436 g/mol. The Bertz CT molecular complexity index is 1110. The third kappa shape index (κ3) is 4.18. The first-order valence-corrected chi connectivity index (χ1v) is 14.2. The van der Waals surface area contributed by atoms with E-state index in [9.17, 15) is 9.59 Å². The number of hydrogen-bond donors (Lipinski definition) is 0. The lowest BCUT2D eigenvalue weighted by atomic mass is 10.0. The number of nitrogens with zero attached hydrogens (tertiary/aromatic N) is 2. The third-order valence-electron chi connectivity index (χ3n) is 5.57. The molecule has 1 amide bonds. The highest BCUT2D eigenvalue weighted by Crippen LogP contribution is 2.35. The van der Waals surface area contributed by atoms with Crippen molar-refractivity contribution in [2.75, 3.05) is 19.8 Å². The molecule has 1 aromatic carbocycles. The van der Waals surface area contributed by atoms with Gasteiger partial charge in [-0.05, 0) is 12.5 Å². The van der Waals surface area contributed by atoms with Gasteiger partial charge in [0.05, 0.1) is 30.9 Å². The van der Waals surface area contributed by atoms with Gasteiger partial charge in [0.1, 0.15) is 14.7 Å². The zero-order chi connectivity index (χ0) is 22.2. The molecule has 0 spiro atoms. The van der Waals surface area contributed by atoms with E-state index >= 15 is 0 Å². The third-order valence-corrected chi connectivity index (χ3v) is 6.45. The minimum atomic E-state index is -1.69. The molecule has 1 saturated heterocycles. The first-order valence-electron chi connectivity index (χ1n) is 10.7. The molecule has 0 unspecified atom stereocenters. The predicted octanol–water partition coefficient (Wildman–Crippen LogP) is 3.07. The van der Waals surface area contributed by atoms with Gasteiger partial charge in [0.15, 0.2) is 11.4 Å². The van der Waals surface area contributed by atoms with Crippen molar-refractivity contribution < 1.29 is 14.3 Å². The van der Waals surface area contributed by atoms with E-state index in [1.165, 1.54) is 0 Å². The molecule has 2 aliphatic rings. The largest absolute Gasteiger partial charge is 0.483 e. The first kappa shape index (κ1) is 21.4. The Morgan fingerprint density at radius 2 is 1.84 bits per heavy atom. The average Bonchev–Trinajstić information content (AvgIpc) is 3.22. The number of carbonyl (C=O) groups excluding carboxylic acids is 1. The normalized spacial score (nSPS) is 20.0. The van der Waals surface area contributed by atoms with Crippen LogP contribution in [0.15, 0.2) is 41.3 Å². The van der Waals surface area contributed by atoms with Gasteiger partial charge in [-0.15, -0.1) is 5.54 Å². The lowest BCUT2D eigenvalue weighted by Crippen LogP contribution is -2.51. The number of fused-ring (bicyclic) bond motifs is 3. The van der Waals surface area contributed by atoms with Gasteiger partial charge in [0, 0.05) is 12.7 Å². The van der Waals surface area contributed by atoms with Gasteiger partial charge in [-0.25, -0.2) is 0 Å². The van der Waals surface area contributed by atoms with Crippen LogP contribution >= 0.6 is 0 Å². The van der Waals surface area contributed by atoms with E-state index in [2.05, 4.69) is 31.1 Å². The summed E-state index contributed by atoms with van der Waals surface area (Å²) in [5.41, 5.74) is 4.55. The van der Waals surface area contributed by atoms with Gasteiger partial charge in [-0.2, -0.15) is 0 Å². The maximum atomic E-state index is 13.4. The zero-order valence-electron chi connectivity index (χ0n) is 18.5. The van der Waals surface area contributed by atoms with Gasteiger partial charge in [-0.1, -0.05) is 55.9 Å². The Morgan fingerprint density at radius 3 is 2.52 bits per heavy atom. The molecule has 0 N–H and O–H groups in total. The van der Waals surface area contributed by atoms with Crippen LogP contribution in [0.3, 0.4) is 0 Å². The van der Waals surface area contributed by atoms with Gasteiger partial charge in [0.25, 0.3) is 5.91 Å². The predicted molar refractivity (Wildman–Crippen MR) is 122 cm³/mol. The van der Waals surface area contributed by atoms with Crippen LogP contribution < -0.4 is 10.2 Å². The van der Waals surface area contributed by atoms with E-state index in [-0.39, 0.29) is 35.8 Å². The number of likely N-dealkylation sites (N-methyl/N-ethyl adjacent to an activating group) is 1. The lowest BCUT2D eigenvalue weighted by Gasteiger charge is -2.38. The van der Waals surface area contributed by atoms with E-state index < -0.39 is 8.07 Å². The smallest absolute Gasteiger partial charge is 0.274 e. The Balaban J connectivity index is 1.87. The summed E-state index contributed by atoms with van der Waals surface area (Å²) in [6, 6.07) is 9.52. The molecular weight excluding hydrogens is 408 g/mol. The van der Waals surface area contributed by atoms with Crippen LogP contribution in [0.2, 0.25) is 19.6 Å². The molecule has 2 aliphatic heterocycles. The summed E-state index contributed by atoms with van der Waals surface area (Å²) in [7, 11) is -1.69. The number of aromatic nitrogens is 1. The Morgan fingerprint density at radius 1 is 1.13 bits per heavy atom. The highest BCUT2D eigenvalue weighted by molar-refractivity contribution is 6.83. The van der Waals surface area contributed by atoms with Crippen molar-refractivity contribution in [3.63, 3.8) is 0 Å². The molecule has 1 aromatic heterocycles. The molecule has 0 aliphatic carbocycles. The molecule has 0 radical (unpaired) electrons. The van der Waals surface area contributed by atoms with Crippen LogP contribution in [0.1, 0.15) is 34.6 Å². The minimum absolute atomic E-state index is 0.0488. The molecule has 4 rings (SSSR count). The molecule has 3 heterocycles. The van der Waals surface area contributed by atoms with E-state index in [0.29, 0.717) is 31.0 Å². The Labute approximate surface area is 183 Å². The molecule has 0 bridgehead atoms. The van der Waals surface area contributed by atoms with E-state index in [1.807, 2.05) is 41.8 Å². The maximum absolute atomic E-state index is 13.4. The van der Waals surface area contributed by atoms with E-state index in [1.54, 1.807) is 11.1 Å². The SMILES string of the molecule is CCN1C(=O)c2c(OCc3ccccc3)c(=O)c(C#C[Si](C)(C)C)cn2[C@@H]2COC[C@@H]21. The standard InChI is InChI=1S/C24H28N2O4Si/c1-5-25-19-15-29-16-20(19)26-13-18(11-12-31(2,3)4)22(27)23(21(26)24(25)28)30-14-17-9-7-6-8-10-17/h6-10,13,19-20H,5,14-16H2,1-4H3/t19-,20+/m0/s1. The quantitative estimate of drug-likeness (QED) is 0.546. The highest BCUT2D eigenvalue weighted by Gasteiger charge is 2.44. The number of carbonyl (C=O) groups is 1. The fraction of sp³-hybridized carbons (Fsp3) is 0.417. The van der Waals surface area contributed by atoms with Gasteiger partial charge in [0.2, 0.25) is 5.43 Å². The summed E-state index contributed by atoms with van der Waals surface area (Å²) in [5, 5.41) is 0. The number of rotatable bonds is 4. The molecular formula is C24H28N2O4Si. The van der Waals surface area contributed by atoms with Crippen molar-refractivity contribution in [1.82, 2.24) is 9.47 Å². The van der Waals surface area contributed by atoms with Gasteiger partial charge < -0.3 is 18.9 Å². The number of pyridine rings is 1. The second-order valence-electron chi connectivity index (χ2n) is 8.99. The molecule has 0 saturated carbocycles. The first-order chi connectivity index (χ1) is 14.8. The second-order valence-corrected chi connectivity index (χ2v) is 13.7. The summed E-state index contributed by atoms with van der Waals surface area (Å²) < 4.78 is 13.6. The van der Waals surface area contributed by atoms with Crippen LogP contribution in [-0.2, 0) is 11.3 Å². The van der Waals surface area contributed by atoms with Crippen LogP contribution in [0.5, 0.6) is 5.75 Å². The van der Waals surface area contributed by atoms with Crippen molar-refractivity contribution in [3.05, 3.63) is 63.6 Å². The van der Waals surface area contributed by atoms with E-state index in [4.69, 9.17) is 9.47 Å². The molecule has 7 heteroatoms. The molecule has 6 nitrogen and oxygen atoms in total. The van der Waals surface area contributed by atoms with Gasteiger partial charge >= 0.3 is 0 Å². The van der Waals surface area contributed by atoms with Crippen molar-refractivity contribution in [2.24, 2.45) is 0 Å². The number of ether oxygens (including phenoxy) is 2. The topological polar surface area (TPSA) is 60.8 Å². The van der Waals surface area contributed by atoms with Crippen LogP contribution in [0, 0.1) is 11.5 Å². The average molecular weight is 437 g/mol. The van der Waals surface area contributed by atoms with Crippen LogP contribution in [0.25, 0.3) is 0 Å². The lowest BCUT2D eigenvalue weighted by molar-refractivity contribution is 0.0568. The number of benzene rings is 1. The van der Waals surface area contributed by atoms with Crippen molar-refractivity contribution in [3.8, 4) is 17.2 Å².